The van der Waals surface area contributed by atoms with Crippen LogP contribution in [0.5, 0.6) is 0 Å². The van der Waals surface area contributed by atoms with Crippen molar-refractivity contribution in [3.8, 4) is 0 Å². The molecule has 0 aromatic heterocycles. The molecular weight excluding hydrogens is 542 g/mol. The lowest BCUT2D eigenvalue weighted by Crippen LogP contribution is -2.52. The van der Waals surface area contributed by atoms with Gasteiger partial charge in [-0.05, 0) is 36.2 Å². The summed E-state index contributed by atoms with van der Waals surface area (Å²) in [6.07, 6.45) is 1.35. The molecular formula is C27H30BrN3O4S. The Bertz CT molecular complexity index is 1320. The molecule has 3 aromatic rings. The molecule has 0 aliphatic heterocycles. The van der Waals surface area contributed by atoms with E-state index in [1.807, 2.05) is 61.5 Å². The van der Waals surface area contributed by atoms with Crippen molar-refractivity contribution in [3.05, 3.63) is 100 Å². The Kier molecular flexibility index (Phi) is 9.28. The molecule has 3 rings (SSSR count). The maximum Gasteiger partial charge on any atom is 0.244 e. The molecule has 0 saturated heterocycles. The third-order valence-electron chi connectivity index (χ3n) is 5.73. The average Bonchev–Trinajstić information content (AvgIpc) is 2.84. The number of carbonyl (C=O) groups excluding carboxylic acids is 2. The van der Waals surface area contributed by atoms with Crippen LogP contribution in [0.1, 0.15) is 16.7 Å². The Morgan fingerprint density at radius 2 is 1.61 bits per heavy atom. The Morgan fingerprint density at radius 3 is 2.22 bits per heavy atom. The van der Waals surface area contributed by atoms with E-state index in [0.717, 1.165) is 27.3 Å². The van der Waals surface area contributed by atoms with Crippen molar-refractivity contribution in [3.63, 3.8) is 0 Å². The summed E-state index contributed by atoms with van der Waals surface area (Å²) in [7, 11) is -2.26. The van der Waals surface area contributed by atoms with Crippen LogP contribution >= 0.6 is 15.9 Å². The molecule has 9 heteroatoms. The molecule has 0 spiro atoms. The number of carbonyl (C=O) groups is 2. The molecule has 190 valence electrons. The highest BCUT2D eigenvalue weighted by Crippen LogP contribution is 2.23. The lowest BCUT2D eigenvalue weighted by atomic mass is 10.0. The summed E-state index contributed by atoms with van der Waals surface area (Å²) >= 11 is 3.36. The summed E-state index contributed by atoms with van der Waals surface area (Å²) in [5.74, 6) is -0.806. The molecule has 0 saturated carbocycles. The molecule has 0 aliphatic rings. The molecule has 0 bridgehead atoms. The minimum absolute atomic E-state index is 0.154. The highest BCUT2D eigenvalue weighted by Gasteiger charge is 2.32. The fourth-order valence-corrected chi connectivity index (χ4v) is 5.20. The van der Waals surface area contributed by atoms with Gasteiger partial charge >= 0.3 is 0 Å². The van der Waals surface area contributed by atoms with Crippen LogP contribution in [-0.4, -0.2) is 51.0 Å². The van der Waals surface area contributed by atoms with E-state index < -0.39 is 28.5 Å². The van der Waals surface area contributed by atoms with Crippen LogP contribution in [0.15, 0.2) is 83.3 Å². The first-order valence-electron chi connectivity index (χ1n) is 11.4. The molecule has 7 nitrogen and oxygen atoms in total. The van der Waals surface area contributed by atoms with Gasteiger partial charge in [-0.25, -0.2) is 8.42 Å². The minimum atomic E-state index is -3.79. The molecule has 0 unspecified atom stereocenters. The number of nitrogens with zero attached hydrogens (tertiary/aromatic N) is 2. The fourth-order valence-electron chi connectivity index (χ4n) is 3.97. The zero-order valence-corrected chi connectivity index (χ0v) is 22.9. The first-order valence-corrected chi connectivity index (χ1v) is 14.1. The molecule has 0 radical (unpaired) electrons. The van der Waals surface area contributed by atoms with Gasteiger partial charge in [-0.3, -0.25) is 13.9 Å². The number of likely N-dealkylation sites (N-methyl/N-ethyl adjacent to an activating group) is 1. The second-order valence-corrected chi connectivity index (χ2v) is 11.4. The number of halogens is 1. The largest absolute Gasteiger partial charge is 0.357 e. The van der Waals surface area contributed by atoms with Crippen molar-refractivity contribution >= 4 is 43.5 Å². The van der Waals surface area contributed by atoms with Crippen LogP contribution in [0.25, 0.3) is 0 Å². The summed E-state index contributed by atoms with van der Waals surface area (Å²) < 4.78 is 27.2. The van der Waals surface area contributed by atoms with Crippen molar-refractivity contribution < 1.29 is 18.0 Å². The molecule has 0 fully saturated rings. The summed E-state index contributed by atoms with van der Waals surface area (Å²) in [6, 6.07) is 23.0. The van der Waals surface area contributed by atoms with Crippen molar-refractivity contribution in [2.45, 2.75) is 25.9 Å². The molecule has 36 heavy (non-hydrogen) atoms. The lowest BCUT2D eigenvalue weighted by Gasteiger charge is -2.33. The van der Waals surface area contributed by atoms with Gasteiger partial charge in [0.1, 0.15) is 12.6 Å². The van der Waals surface area contributed by atoms with Crippen LogP contribution in [0, 0.1) is 6.92 Å². The van der Waals surface area contributed by atoms with E-state index >= 15 is 0 Å². The van der Waals surface area contributed by atoms with Gasteiger partial charge in [0.2, 0.25) is 21.8 Å². The van der Waals surface area contributed by atoms with Crippen LogP contribution in [-0.2, 0) is 32.6 Å². The quantitative estimate of drug-likeness (QED) is 0.399. The van der Waals surface area contributed by atoms with Gasteiger partial charge in [0.05, 0.1) is 11.9 Å². The number of sulfonamides is 1. The molecule has 3 aromatic carbocycles. The third-order valence-corrected chi connectivity index (χ3v) is 7.36. The van der Waals surface area contributed by atoms with Gasteiger partial charge in [0.15, 0.2) is 0 Å². The normalized spacial score (nSPS) is 12.0. The highest BCUT2D eigenvalue weighted by atomic mass is 79.9. The van der Waals surface area contributed by atoms with E-state index in [-0.39, 0.29) is 18.9 Å². The van der Waals surface area contributed by atoms with Crippen molar-refractivity contribution in [1.29, 1.82) is 0 Å². The lowest BCUT2D eigenvalue weighted by molar-refractivity contribution is -0.139. The Hall–Kier alpha value is -3.17. The van der Waals surface area contributed by atoms with Crippen molar-refractivity contribution in [1.82, 2.24) is 10.2 Å². The molecule has 0 aliphatic carbocycles. The maximum absolute atomic E-state index is 13.8. The summed E-state index contributed by atoms with van der Waals surface area (Å²) in [5.41, 5.74) is 3.11. The summed E-state index contributed by atoms with van der Waals surface area (Å²) in [5, 5.41) is 2.67. The molecule has 2 amide bonds. The summed E-state index contributed by atoms with van der Waals surface area (Å²) in [6.45, 7) is 1.67. The SMILES string of the molecule is CNC(=O)[C@H](Cc1ccccc1)N(Cc1cccc(C)c1)C(=O)CN(c1cccc(Br)c1)S(C)(=O)=O. The summed E-state index contributed by atoms with van der Waals surface area (Å²) in [4.78, 5) is 28.4. The van der Waals surface area contributed by atoms with Crippen molar-refractivity contribution in [2.75, 3.05) is 24.2 Å². The molecule has 1 N–H and O–H groups in total. The van der Waals surface area contributed by atoms with Gasteiger partial charge in [-0.15, -0.1) is 0 Å². The predicted octanol–water partition coefficient (Wildman–Crippen LogP) is 3.91. The topological polar surface area (TPSA) is 86.8 Å². The second kappa shape index (κ2) is 12.2. The van der Waals surface area contributed by atoms with E-state index in [0.29, 0.717) is 10.2 Å². The predicted molar refractivity (Wildman–Crippen MR) is 146 cm³/mol. The zero-order valence-electron chi connectivity index (χ0n) is 20.5. The number of hydrogen-bond acceptors (Lipinski definition) is 4. The highest BCUT2D eigenvalue weighted by molar-refractivity contribution is 9.10. The van der Waals surface area contributed by atoms with E-state index in [2.05, 4.69) is 21.2 Å². The molecule has 1 atom stereocenters. The van der Waals surface area contributed by atoms with E-state index in [9.17, 15) is 18.0 Å². The number of hydrogen-bond donors (Lipinski definition) is 1. The average molecular weight is 573 g/mol. The van der Waals surface area contributed by atoms with Crippen molar-refractivity contribution in [2.24, 2.45) is 0 Å². The monoisotopic (exact) mass is 571 g/mol. The number of benzene rings is 3. The fraction of sp³-hybridized carbons (Fsp3) is 0.259. The van der Waals surface area contributed by atoms with E-state index in [4.69, 9.17) is 0 Å². The Morgan fingerprint density at radius 1 is 0.944 bits per heavy atom. The number of anilines is 1. The maximum atomic E-state index is 13.8. The Balaban J connectivity index is 2.03. The van der Waals surface area contributed by atoms with Gasteiger partial charge in [0.25, 0.3) is 0 Å². The second-order valence-electron chi connectivity index (χ2n) is 8.58. The smallest absolute Gasteiger partial charge is 0.244 e. The number of rotatable bonds is 10. The van der Waals surface area contributed by atoms with Gasteiger partial charge in [-0.1, -0.05) is 82.2 Å². The first-order chi connectivity index (χ1) is 17.1. The van der Waals surface area contributed by atoms with E-state index in [1.165, 1.54) is 11.9 Å². The standard InChI is InChI=1S/C27H30BrN3O4S/c1-20-9-7-12-22(15-20)18-30(25(27(33)29-2)16-21-10-5-4-6-11-21)26(32)19-31(36(3,34)35)24-14-8-13-23(28)17-24/h4-15,17,25H,16,18-19H2,1-3H3,(H,29,33)/t25-/m0/s1. The number of aryl methyl sites for hydroxylation is 1. The Labute approximate surface area is 221 Å². The first kappa shape index (κ1) is 27.4. The van der Waals surface area contributed by atoms with E-state index in [1.54, 1.807) is 24.3 Å². The molecule has 0 heterocycles. The van der Waals surface area contributed by atoms with Gasteiger partial charge in [0, 0.05) is 24.5 Å². The number of amides is 2. The van der Waals surface area contributed by atoms with Gasteiger partial charge < -0.3 is 10.2 Å². The van der Waals surface area contributed by atoms with Crippen LogP contribution in [0.4, 0.5) is 5.69 Å². The van der Waals surface area contributed by atoms with Crippen LogP contribution in [0.2, 0.25) is 0 Å². The van der Waals surface area contributed by atoms with Crippen LogP contribution < -0.4 is 9.62 Å². The minimum Gasteiger partial charge on any atom is -0.357 e. The van der Waals surface area contributed by atoms with Gasteiger partial charge in [-0.2, -0.15) is 0 Å². The number of nitrogens with one attached hydrogen (secondary N) is 1. The zero-order chi connectivity index (χ0) is 26.3. The van der Waals surface area contributed by atoms with Crippen LogP contribution in [0.3, 0.4) is 0 Å². The third kappa shape index (κ3) is 7.41.